The summed E-state index contributed by atoms with van der Waals surface area (Å²) in [5, 5.41) is 14.8. The topological polar surface area (TPSA) is 92.4 Å². The number of hydrogen-bond acceptors (Lipinski definition) is 3. The molecule has 2 N–H and O–H groups in total. The van der Waals surface area contributed by atoms with Crippen LogP contribution in [0.25, 0.3) is 0 Å². The second kappa shape index (κ2) is 6.64. The first kappa shape index (κ1) is 12.2. The van der Waals surface area contributed by atoms with Crippen LogP contribution in [0.1, 0.15) is 13.3 Å². The van der Waals surface area contributed by atoms with Gasteiger partial charge in [-0.3, -0.25) is 0 Å². The lowest BCUT2D eigenvalue weighted by Crippen LogP contribution is -2.09. The first-order valence-electron chi connectivity index (χ1n) is 3.99. The van der Waals surface area contributed by atoms with Gasteiger partial charge in [0.1, 0.15) is 0 Å². The maximum absolute atomic E-state index is 9.10. The summed E-state index contributed by atoms with van der Waals surface area (Å²) in [6.45, 7) is 3.24. The number of carboxylic acids is 2. The van der Waals surface area contributed by atoms with Crippen LogP contribution in [-0.4, -0.2) is 31.7 Å². The van der Waals surface area contributed by atoms with Gasteiger partial charge >= 0.3 is 11.9 Å². The molecule has 0 saturated carbocycles. The fourth-order valence-electron chi connectivity index (χ4n) is 0.677. The van der Waals surface area contributed by atoms with Crippen LogP contribution in [0.2, 0.25) is 0 Å². The number of carboxylic acid groups (broad SMARTS) is 2. The SMILES string of the molecule is CCCn1ccnc1.O=C(O)C(=O)O. The highest BCUT2D eigenvalue weighted by molar-refractivity contribution is 6.27. The molecular formula is C8H12N2O4. The Labute approximate surface area is 80.8 Å². The highest BCUT2D eigenvalue weighted by atomic mass is 16.4. The van der Waals surface area contributed by atoms with Gasteiger partial charge in [0.25, 0.3) is 0 Å². The second-order valence-corrected chi connectivity index (χ2v) is 2.41. The van der Waals surface area contributed by atoms with E-state index in [0.717, 1.165) is 6.54 Å². The van der Waals surface area contributed by atoms with Crippen molar-refractivity contribution in [3.63, 3.8) is 0 Å². The lowest BCUT2D eigenvalue weighted by molar-refractivity contribution is -0.159. The molecule has 1 heterocycles. The molecule has 0 spiro atoms. The van der Waals surface area contributed by atoms with Crippen LogP contribution in [0.15, 0.2) is 18.7 Å². The minimum absolute atomic E-state index is 1.08. The van der Waals surface area contributed by atoms with E-state index in [0.29, 0.717) is 0 Å². The lowest BCUT2D eigenvalue weighted by Gasteiger charge is -1.93. The van der Waals surface area contributed by atoms with E-state index < -0.39 is 11.9 Å². The highest BCUT2D eigenvalue weighted by Crippen LogP contribution is 1.87. The lowest BCUT2D eigenvalue weighted by atomic mass is 10.5. The van der Waals surface area contributed by atoms with Crippen LogP contribution >= 0.6 is 0 Å². The Morgan fingerprint density at radius 3 is 2.21 bits per heavy atom. The average Bonchev–Trinajstić information content (AvgIpc) is 2.58. The van der Waals surface area contributed by atoms with E-state index in [1.54, 1.807) is 6.20 Å². The number of aryl methyl sites for hydroxylation is 1. The molecule has 1 rings (SSSR count). The van der Waals surface area contributed by atoms with E-state index in [2.05, 4.69) is 16.5 Å². The molecule has 1 aromatic heterocycles. The van der Waals surface area contributed by atoms with Crippen LogP contribution in [-0.2, 0) is 16.1 Å². The Morgan fingerprint density at radius 2 is 1.93 bits per heavy atom. The van der Waals surface area contributed by atoms with Gasteiger partial charge in [-0.25, -0.2) is 14.6 Å². The average molecular weight is 200 g/mol. The third-order valence-corrected chi connectivity index (χ3v) is 1.22. The molecule has 0 atom stereocenters. The molecule has 0 amide bonds. The highest BCUT2D eigenvalue weighted by Gasteiger charge is 2.04. The van der Waals surface area contributed by atoms with Crippen molar-refractivity contribution in [2.24, 2.45) is 0 Å². The summed E-state index contributed by atoms with van der Waals surface area (Å²) in [4.78, 5) is 22.1. The summed E-state index contributed by atoms with van der Waals surface area (Å²) < 4.78 is 2.07. The molecule has 0 unspecified atom stereocenters. The maximum atomic E-state index is 9.10. The zero-order valence-electron chi connectivity index (χ0n) is 7.75. The van der Waals surface area contributed by atoms with Crippen LogP contribution < -0.4 is 0 Å². The molecule has 0 aliphatic rings. The standard InChI is InChI=1S/C6H10N2.C2H2O4/c1-2-4-8-5-3-7-6-8;3-1(4)2(5)6/h3,5-6H,2,4H2,1H3;(H,3,4)(H,5,6). The molecule has 0 fully saturated rings. The number of aromatic nitrogens is 2. The van der Waals surface area contributed by atoms with E-state index in [9.17, 15) is 0 Å². The van der Waals surface area contributed by atoms with Crippen LogP contribution in [0, 0.1) is 0 Å². The minimum Gasteiger partial charge on any atom is -0.473 e. The van der Waals surface area contributed by atoms with Crippen molar-refractivity contribution < 1.29 is 19.8 Å². The summed E-state index contributed by atoms with van der Waals surface area (Å²) >= 11 is 0. The molecule has 0 saturated heterocycles. The van der Waals surface area contributed by atoms with Crippen molar-refractivity contribution in [1.29, 1.82) is 0 Å². The normalized spacial score (nSPS) is 8.64. The summed E-state index contributed by atoms with van der Waals surface area (Å²) in [7, 11) is 0. The molecule has 6 heteroatoms. The summed E-state index contributed by atoms with van der Waals surface area (Å²) in [6.07, 6.45) is 6.79. The predicted molar refractivity (Wildman–Crippen MR) is 47.8 cm³/mol. The van der Waals surface area contributed by atoms with E-state index in [1.165, 1.54) is 6.42 Å². The Morgan fingerprint density at radius 1 is 1.36 bits per heavy atom. The molecule has 6 nitrogen and oxygen atoms in total. The third-order valence-electron chi connectivity index (χ3n) is 1.22. The largest absolute Gasteiger partial charge is 0.473 e. The number of rotatable bonds is 2. The third kappa shape index (κ3) is 5.76. The number of carbonyl (C=O) groups is 2. The van der Waals surface area contributed by atoms with Crippen LogP contribution in [0.3, 0.4) is 0 Å². The summed E-state index contributed by atoms with van der Waals surface area (Å²) in [5.41, 5.74) is 0. The molecule has 0 radical (unpaired) electrons. The molecule has 78 valence electrons. The monoisotopic (exact) mass is 200 g/mol. The minimum atomic E-state index is -1.82. The molecule has 0 aliphatic carbocycles. The van der Waals surface area contributed by atoms with Crippen molar-refractivity contribution in [2.75, 3.05) is 0 Å². The zero-order valence-corrected chi connectivity index (χ0v) is 7.75. The second-order valence-electron chi connectivity index (χ2n) is 2.41. The van der Waals surface area contributed by atoms with Crippen LogP contribution in [0.5, 0.6) is 0 Å². The van der Waals surface area contributed by atoms with Crippen molar-refractivity contribution in [2.45, 2.75) is 19.9 Å². The van der Waals surface area contributed by atoms with Crippen molar-refractivity contribution in [1.82, 2.24) is 9.55 Å². The number of nitrogens with zero attached hydrogens (tertiary/aromatic N) is 2. The fraction of sp³-hybridized carbons (Fsp3) is 0.375. The fourth-order valence-corrected chi connectivity index (χ4v) is 0.677. The molecule has 0 aromatic carbocycles. The number of imidazole rings is 1. The summed E-state index contributed by atoms with van der Waals surface area (Å²) in [6, 6.07) is 0. The Kier molecular flexibility index (Phi) is 5.77. The van der Waals surface area contributed by atoms with Gasteiger partial charge in [0.15, 0.2) is 0 Å². The van der Waals surface area contributed by atoms with Gasteiger partial charge in [0, 0.05) is 18.9 Å². The van der Waals surface area contributed by atoms with Gasteiger partial charge < -0.3 is 14.8 Å². The van der Waals surface area contributed by atoms with Crippen molar-refractivity contribution >= 4 is 11.9 Å². The quantitative estimate of drug-likeness (QED) is 0.676. The van der Waals surface area contributed by atoms with Gasteiger partial charge in [-0.05, 0) is 6.42 Å². The first-order valence-corrected chi connectivity index (χ1v) is 3.99. The number of hydrogen-bond donors (Lipinski definition) is 2. The molecule has 0 aliphatic heterocycles. The van der Waals surface area contributed by atoms with Gasteiger partial charge in [-0.15, -0.1) is 0 Å². The van der Waals surface area contributed by atoms with Gasteiger partial charge in [0.05, 0.1) is 6.33 Å². The molecule has 14 heavy (non-hydrogen) atoms. The van der Waals surface area contributed by atoms with E-state index in [-0.39, 0.29) is 0 Å². The van der Waals surface area contributed by atoms with Crippen molar-refractivity contribution in [3.05, 3.63) is 18.7 Å². The molecule has 1 aromatic rings. The first-order chi connectivity index (χ1) is 6.57. The molecular weight excluding hydrogens is 188 g/mol. The Hall–Kier alpha value is -1.85. The van der Waals surface area contributed by atoms with Gasteiger partial charge in [-0.1, -0.05) is 6.92 Å². The Bertz CT molecular complexity index is 270. The smallest absolute Gasteiger partial charge is 0.414 e. The molecule has 0 bridgehead atoms. The Balaban J connectivity index is 0.000000255. The summed E-state index contributed by atoms with van der Waals surface area (Å²) in [5.74, 6) is -3.65. The zero-order chi connectivity index (χ0) is 11.0. The van der Waals surface area contributed by atoms with Gasteiger partial charge in [-0.2, -0.15) is 0 Å². The van der Waals surface area contributed by atoms with E-state index >= 15 is 0 Å². The van der Waals surface area contributed by atoms with E-state index in [1.807, 2.05) is 12.5 Å². The van der Waals surface area contributed by atoms with Gasteiger partial charge in [0.2, 0.25) is 0 Å². The van der Waals surface area contributed by atoms with E-state index in [4.69, 9.17) is 19.8 Å². The van der Waals surface area contributed by atoms with Crippen molar-refractivity contribution in [3.8, 4) is 0 Å². The number of aliphatic carboxylic acids is 2. The maximum Gasteiger partial charge on any atom is 0.414 e. The van der Waals surface area contributed by atoms with Crippen LogP contribution in [0.4, 0.5) is 0 Å². The predicted octanol–water partition coefficient (Wildman–Crippen LogP) is 0.449.